The van der Waals surface area contributed by atoms with Gasteiger partial charge in [-0.3, -0.25) is 0 Å². The number of benzene rings is 2. The molecule has 0 saturated heterocycles. The number of rotatable bonds is 6. The molecule has 2 aromatic carbocycles. The van der Waals surface area contributed by atoms with Crippen molar-refractivity contribution >= 4 is 23.5 Å². The molecule has 3 rings (SSSR count). The number of aromatic nitrogens is 3. The van der Waals surface area contributed by atoms with Crippen molar-refractivity contribution in [3.05, 3.63) is 82.3 Å². The SMILES string of the molecule is O=c1nc(SCc2ccccc2)c(SCc2ccccc2)n[nH]1. The second kappa shape index (κ2) is 7.99. The lowest BCUT2D eigenvalue weighted by atomic mass is 10.2. The molecule has 1 aromatic heterocycles. The van der Waals surface area contributed by atoms with Gasteiger partial charge in [0.25, 0.3) is 0 Å². The average Bonchev–Trinajstić information content (AvgIpc) is 2.61. The smallest absolute Gasteiger partial charge is 0.244 e. The standard InChI is InChI=1S/C17H15N3OS2/c21-17-18-15(22-11-13-7-3-1-4-8-13)16(19-20-17)23-12-14-9-5-2-6-10-14/h1-10H,11-12H2,(H,18,20,21). The Kier molecular flexibility index (Phi) is 5.50. The van der Waals surface area contributed by atoms with Crippen molar-refractivity contribution in [2.24, 2.45) is 0 Å². The first-order valence-corrected chi connectivity index (χ1v) is 9.08. The van der Waals surface area contributed by atoms with Gasteiger partial charge in [-0.2, -0.15) is 10.1 Å². The molecular weight excluding hydrogens is 326 g/mol. The van der Waals surface area contributed by atoms with Crippen LogP contribution in [0.3, 0.4) is 0 Å². The van der Waals surface area contributed by atoms with E-state index in [0.717, 1.165) is 16.5 Å². The lowest BCUT2D eigenvalue weighted by Crippen LogP contribution is -2.13. The molecule has 0 unspecified atom stereocenters. The zero-order valence-corrected chi connectivity index (χ0v) is 13.9. The van der Waals surface area contributed by atoms with Crippen LogP contribution in [0.5, 0.6) is 0 Å². The fourth-order valence-electron chi connectivity index (χ4n) is 1.95. The summed E-state index contributed by atoms with van der Waals surface area (Å²) in [5.41, 5.74) is 1.99. The zero-order chi connectivity index (χ0) is 15.9. The molecule has 23 heavy (non-hydrogen) atoms. The van der Waals surface area contributed by atoms with Gasteiger partial charge in [0.15, 0.2) is 0 Å². The topological polar surface area (TPSA) is 58.6 Å². The first-order chi connectivity index (χ1) is 11.3. The van der Waals surface area contributed by atoms with E-state index in [2.05, 4.69) is 39.4 Å². The van der Waals surface area contributed by atoms with Crippen LogP contribution in [0.15, 0.2) is 75.5 Å². The van der Waals surface area contributed by atoms with E-state index in [4.69, 9.17) is 0 Å². The minimum atomic E-state index is -0.412. The maximum atomic E-state index is 11.5. The first-order valence-electron chi connectivity index (χ1n) is 7.11. The van der Waals surface area contributed by atoms with Crippen molar-refractivity contribution < 1.29 is 0 Å². The van der Waals surface area contributed by atoms with E-state index in [1.165, 1.54) is 22.9 Å². The summed E-state index contributed by atoms with van der Waals surface area (Å²) < 4.78 is 0. The van der Waals surface area contributed by atoms with E-state index in [1.54, 1.807) is 11.8 Å². The minimum Gasteiger partial charge on any atom is -0.244 e. The van der Waals surface area contributed by atoms with Gasteiger partial charge in [-0.05, 0) is 11.1 Å². The second-order valence-electron chi connectivity index (χ2n) is 4.80. The van der Waals surface area contributed by atoms with E-state index in [0.29, 0.717) is 5.03 Å². The first kappa shape index (κ1) is 15.8. The van der Waals surface area contributed by atoms with E-state index < -0.39 is 5.69 Å². The molecule has 0 radical (unpaired) electrons. The summed E-state index contributed by atoms with van der Waals surface area (Å²) >= 11 is 3.11. The summed E-state index contributed by atoms with van der Waals surface area (Å²) in [6.45, 7) is 0. The monoisotopic (exact) mass is 341 g/mol. The van der Waals surface area contributed by atoms with E-state index in [9.17, 15) is 4.79 Å². The van der Waals surface area contributed by atoms with Gasteiger partial charge in [-0.15, -0.1) is 0 Å². The molecular formula is C17H15N3OS2. The highest BCUT2D eigenvalue weighted by molar-refractivity contribution is 8.01. The molecule has 116 valence electrons. The van der Waals surface area contributed by atoms with Crippen molar-refractivity contribution in [2.45, 2.75) is 21.6 Å². The largest absolute Gasteiger partial charge is 0.362 e. The number of nitrogens with zero attached hydrogens (tertiary/aromatic N) is 2. The average molecular weight is 341 g/mol. The lowest BCUT2D eigenvalue weighted by Gasteiger charge is -2.06. The molecule has 0 saturated carbocycles. The molecule has 0 spiro atoms. The second-order valence-corrected chi connectivity index (χ2v) is 6.73. The van der Waals surface area contributed by atoms with Gasteiger partial charge in [0.2, 0.25) is 0 Å². The van der Waals surface area contributed by atoms with Crippen molar-refractivity contribution in [1.82, 2.24) is 15.2 Å². The Bertz CT molecular complexity index is 807. The third-order valence-electron chi connectivity index (χ3n) is 3.08. The minimum absolute atomic E-state index is 0.412. The third-order valence-corrected chi connectivity index (χ3v) is 5.28. The van der Waals surface area contributed by atoms with Crippen LogP contribution in [0.25, 0.3) is 0 Å². The summed E-state index contributed by atoms with van der Waals surface area (Å²) in [5, 5.41) is 8.01. The predicted molar refractivity (Wildman–Crippen MR) is 94.7 cm³/mol. The van der Waals surface area contributed by atoms with Crippen LogP contribution in [0, 0.1) is 0 Å². The molecule has 0 bridgehead atoms. The molecule has 0 atom stereocenters. The summed E-state index contributed by atoms with van der Waals surface area (Å²) in [6, 6.07) is 20.3. The molecule has 0 aliphatic carbocycles. The van der Waals surface area contributed by atoms with Crippen LogP contribution in [-0.4, -0.2) is 15.2 Å². The van der Waals surface area contributed by atoms with Crippen LogP contribution in [0.2, 0.25) is 0 Å². The number of hydrogen-bond acceptors (Lipinski definition) is 5. The number of hydrogen-bond donors (Lipinski definition) is 1. The van der Waals surface area contributed by atoms with Gasteiger partial charge in [0.1, 0.15) is 10.1 Å². The highest BCUT2D eigenvalue weighted by Gasteiger charge is 2.09. The summed E-state index contributed by atoms with van der Waals surface area (Å²) in [6.07, 6.45) is 0. The molecule has 0 amide bonds. The predicted octanol–water partition coefficient (Wildman–Crippen LogP) is 3.75. The molecule has 0 aliphatic rings. The Hall–Kier alpha value is -2.05. The third kappa shape index (κ3) is 4.71. The fourth-order valence-corrected chi connectivity index (χ4v) is 3.89. The maximum absolute atomic E-state index is 11.5. The van der Waals surface area contributed by atoms with Gasteiger partial charge in [-0.1, -0.05) is 84.2 Å². The Morgan fingerprint density at radius 1 is 0.783 bits per heavy atom. The Balaban J connectivity index is 1.71. The Labute approximate surface area is 142 Å². The van der Waals surface area contributed by atoms with E-state index in [1.807, 2.05) is 36.4 Å². The molecule has 0 fully saturated rings. The maximum Gasteiger partial charge on any atom is 0.362 e. The van der Waals surface area contributed by atoms with Crippen LogP contribution in [0.1, 0.15) is 11.1 Å². The highest BCUT2D eigenvalue weighted by Crippen LogP contribution is 2.30. The van der Waals surface area contributed by atoms with Crippen LogP contribution >= 0.6 is 23.5 Å². The van der Waals surface area contributed by atoms with Crippen LogP contribution < -0.4 is 5.69 Å². The van der Waals surface area contributed by atoms with Crippen molar-refractivity contribution in [1.29, 1.82) is 0 Å². The van der Waals surface area contributed by atoms with Gasteiger partial charge in [-0.25, -0.2) is 9.89 Å². The molecule has 6 heteroatoms. The summed E-state index contributed by atoms with van der Waals surface area (Å²) in [5.74, 6) is 1.55. The van der Waals surface area contributed by atoms with Crippen molar-refractivity contribution in [2.75, 3.05) is 0 Å². The lowest BCUT2D eigenvalue weighted by molar-refractivity contribution is 0.763. The van der Waals surface area contributed by atoms with Gasteiger partial charge < -0.3 is 0 Å². The highest BCUT2D eigenvalue weighted by atomic mass is 32.2. The number of nitrogens with one attached hydrogen (secondary N) is 1. The molecule has 1 N–H and O–H groups in total. The number of H-pyrrole nitrogens is 1. The Morgan fingerprint density at radius 3 is 1.87 bits per heavy atom. The Morgan fingerprint density at radius 2 is 1.30 bits per heavy atom. The summed E-state index contributed by atoms with van der Waals surface area (Å²) in [4.78, 5) is 15.5. The normalized spacial score (nSPS) is 10.6. The van der Waals surface area contributed by atoms with Crippen molar-refractivity contribution in [3.8, 4) is 0 Å². The molecule has 0 aliphatic heterocycles. The number of thioether (sulfide) groups is 2. The quantitative estimate of drug-likeness (QED) is 0.692. The van der Waals surface area contributed by atoms with Gasteiger partial charge in [0, 0.05) is 11.5 Å². The van der Waals surface area contributed by atoms with Gasteiger partial charge >= 0.3 is 5.69 Å². The van der Waals surface area contributed by atoms with E-state index >= 15 is 0 Å². The molecule has 3 aromatic rings. The van der Waals surface area contributed by atoms with E-state index in [-0.39, 0.29) is 0 Å². The van der Waals surface area contributed by atoms with Crippen molar-refractivity contribution in [3.63, 3.8) is 0 Å². The van der Waals surface area contributed by atoms with Gasteiger partial charge in [0.05, 0.1) is 0 Å². The fraction of sp³-hybridized carbons (Fsp3) is 0.118. The zero-order valence-electron chi connectivity index (χ0n) is 12.3. The summed E-state index contributed by atoms with van der Waals surface area (Å²) in [7, 11) is 0. The van der Waals surface area contributed by atoms with Crippen LogP contribution in [0.4, 0.5) is 0 Å². The number of aromatic amines is 1. The molecule has 1 heterocycles. The molecule has 4 nitrogen and oxygen atoms in total. The van der Waals surface area contributed by atoms with Crippen LogP contribution in [-0.2, 0) is 11.5 Å².